The third kappa shape index (κ3) is 3.95. The summed E-state index contributed by atoms with van der Waals surface area (Å²) >= 11 is 0. The second kappa shape index (κ2) is 5.43. The molecule has 2 heterocycles. The first-order chi connectivity index (χ1) is 7.20. The molecule has 0 aliphatic rings. The van der Waals surface area contributed by atoms with Crippen LogP contribution in [0.2, 0.25) is 0 Å². The molecule has 0 unspecified atom stereocenters. The summed E-state index contributed by atoms with van der Waals surface area (Å²) in [7, 11) is 0. The second-order valence-electron chi connectivity index (χ2n) is 2.68. The lowest BCUT2D eigenvalue weighted by atomic mass is 10.4. The molecule has 2 aromatic rings. The molecular weight excluding hydrogens is 194 g/mol. The van der Waals surface area contributed by atoms with Gasteiger partial charge in [0.15, 0.2) is 0 Å². The molecule has 0 aliphatic carbocycles. The van der Waals surface area contributed by atoms with Crippen LogP contribution in [0, 0.1) is 0 Å². The molecule has 0 radical (unpaired) electrons. The molecule has 4 N–H and O–H groups in total. The molecule has 2 aromatic heterocycles. The van der Waals surface area contributed by atoms with Gasteiger partial charge in [0.1, 0.15) is 0 Å². The van der Waals surface area contributed by atoms with E-state index in [-0.39, 0.29) is 16.8 Å². The third-order valence-corrected chi connectivity index (χ3v) is 1.53. The smallest absolute Gasteiger partial charge is 0.271 e. The molecule has 0 saturated carbocycles. The fraction of sp³-hybridized carbons (Fsp3) is 0. The van der Waals surface area contributed by atoms with Gasteiger partial charge >= 0.3 is 0 Å². The molecule has 2 rings (SSSR count). The van der Waals surface area contributed by atoms with E-state index in [1.54, 1.807) is 36.7 Å². The van der Waals surface area contributed by atoms with Crippen LogP contribution in [-0.4, -0.2) is 9.97 Å². The number of aromatic amines is 2. The van der Waals surface area contributed by atoms with Crippen molar-refractivity contribution in [3.8, 4) is 0 Å². The summed E-state index contributed by atoms with van der Waals surface area (Å²) in [5.74, 6) is 0. The Kier molecular flexibility index (Phi) is 3.91. The Balaban J connectivity index is 0.000000151. The van der Waals surface area contributed by atoms with Gasteiger partial charge in [-0.2, -0.15) is 0 Å². The molecule has 0 saturated heterocycles. The molecule has 78 valence electrons. The van der Waals surface area contributed by atoms with Crippen molar-refractivity contribution in [1.29, 1.82) is 0 Å². The van der Waals surface area contributed by atoms with Crippen molar-refractivity contribution in [2.24, 2.45) is 0 Å². The first kappa shape index (κ1) is 10.8. The van der Waals surface area contributed by atoms with Gasteiger partial charge in [0.2, 0.25) is 5.56 Å². The van der Waals surface area contributed by atoms with E-state index in [1.807, 2.05) is 0 Å². The van der Waals surface area contributed by atoms with Gasteiger partial charge in [-0.3, -0.25) is 9.59 Å². The van der Waals surface area contributed by atoms with Crippen molar-refractivity contribution in [2.45, 2.75) is 0 Å². The van der Waals surface area contributed by atoms with Gasteiger partial charge in [0.25, 0.3) is 5.56 Å². The van der Waals surface area contributed by atoms with Crippen molar-refractivity contribution in [2.75, 3.05) is 5.73 Å². The summed E-state index contributed by atoms with van der Waals surface area (Å²) in [4.78, 5) is 25.5. The van der Waals surface area contributed by atoms with Gasteiger partial charge in [-0.05, 0) is 18.2 Å². The molecule has 0 aliphatic heterocycles. The highest BCUT2D eigenvalue weighted by Crippen LogP contribution is 1.84. The Morgan fingerprint density at radius 1 is 0.933 bits per heavy atom. The average molecular weight is 205 g/mol. The van der Waals surface area contributed by atoms with Gasteiger partial charge < -0.3 is 15.7 Å². The van der Waals surface area contributed by atoms with Crippen LogP contribution in [-0.2, 0) is 0 Å². The van der Waals surface area contributed by atoms with Crippen molar-refractivity contribution in [3.63, 3.8) is 0 Å². The summed E-state index contributed by atoms with van der Waals surface area (Å²) in [5, 5.41) is 0. The molecular formula is C10H11N3O2. The summed E-state index contributed by atoms with van der Waals surface area (Å²) in [6.45, 7) is 0. The van der Waals surface area contributed by atoms with E-state index in [4.69, 9.17) is 5.73 Å². The summed E-state index contributed by atoms with van der Waals surface area (Å²) in [6, 6.07) is 8.16. The van der Waals surface area contributed by atoms with Gasteiger partial charge in [-0.25, -0.2) is 0 Å². The summed E-state index contributed by atoms with van der Waals surface area (Å²) < 4.78 is 0. The van der Waals surface area contributed by atoms with Gasteiger partial charge in [0, 0.05) is 18.5 Å². The maximum atomic E-state index is 10.4. The fourth-order valence-corrected chi connectivity index (χ4v) is 0.811. The van der Waals surface area contributed by atoms with E-state index in [9.17, 15) is 9.59 Å². The molecule has 0 bridgehead atoms. The lowest BCUT2D eigenvalue weighted by Gasteiger charge is -1.84. The summed E-state index contributed by atoms with van der Waals surface area (Å²) in [5.41, 5.74) is 5.15. The highest BCUT2D eigenvalue weighted by molar-refractivity contribution is 5.32. The molecule has 15 heavy (non-hydrogen) atoms. The second-order valence-corrected chi connectivity index (χ2v) is 2.68. The lowest BCUT2D eigenvalue weighted by Crippen LogP contribution is -2.08. The van der Waals surface area contributed by atoms with Crippen LogP contribution >= 0.6 is 0 Å². The maximum absolute atomic E-state index is 10.4. The van der Waals surface area contributed by atoms with Crippen LogP contribution in [0.3, 0.4) is 0 Å². The Morgan fingerprint density at radius 3 is 2.00 bits per heavy atom. The number of nitrogens with one attached hydrogen (secondary N) is 2. The highest BCUT2D eigenvalue weighted by atomic mass is 16.1. The van der Waals surface area contributed by atoms with Gasteiger partial charge in [0.05, 0.1) is 5.69 Å². The number of H-pyrrole nitrogens is 2. The van der Waals surface area contributed by atoms with Crippen molar-refractivity contribution in [3.05, 3.63) is 63.4 Å². The SMILES string of the molecule is Nc1ccc[nH]c1=O.O=c1cccc[nH]1. The van der Waals surface area contributed by atoms with Gasteiger partial charge in [-0.1, -0.05) is 6.07 Å². The van der Waals surface area contributed by atoms with Crippen LogP contribution in [0.25, 0.3) is 0 Å². The molecule has 5 heteroatoms. The van der Waals surface area contributed by atoms with Crippen LogP contribution in [0.4, 0.5) is 5.69 Å². The number of nitrogen functional groups attached to an aromatic ring is 1. The highest BCUT2D eigenvalue weighted by Gasteiger charge is 1.84. The minimum atomic E-state index is -0.229. The molecule has 0 spiro atoms. The summed E-state index contributed by atoms with van der Waals surface area (Å²) in [6.07, 6.45) is 3.14. The standard InChI is InChI=1S/C5H6N2O.C5H5NO/c6-4-2-1-3-7-5(4)8;7-5-3-1-2-4-6-5/h1-3H,6H2,(H,7,8);1-4H,(H,6,7). The minimum Gasteiger partial charge on any atom is -0.394 e. The third-order valence-electron chi connectivity index (χ3n) is 1.53. The largest absolute Gasteiger partial charge is 0.394 e. The van der Waals surface area contributed by atoms with Crippen LogP contribution in [0.1, 0.15) is 0 Å². The number of rotatable bonds is 0. The van der Waals surface area contributed by atoms with Crippen molar-refractivity contribution >= 4 is 5.69 Å². The Morgan fingerprint density at radius 2 is 1.67 bits per heavy atom. The molecule has 0 atom stereocenters. The van der Waals surface area contributed by atoms with E-state index in [1.165, 1.54) is 6.07 Å². The first-order valence-corrected chi connectivity index (χ1v) is 4.27. The monoisotopic (exact) mass is 205 g/mol. The maximum Gasteiger partial charge on any atom is 0.271 e. The molecule has 0 aromatic carbocycles. The van der Waals surface area contributed by atoms with Crippen molar-refractivity contribution in [1.82, 2.24) is 9.97 Å². The number of aromatic nitrogens is 2. The predicted octanol–water partition coefficient (Wildman–Crippen LogP) is 0.332. The zero-order valence-electron chi connectivity index (χ0n) is 7.94. The Hall–Kier alpha value is -2.30. The minimum absolute atomic E-state index is 0.0532. The number of nitrogens with two attached hydrogens (primary N) is 1. The van der Waals surface area contributed by atoms with Crippen LogP contribution in [0.5, 0.6) is 0 Å². The number of anilines is 1. The average Bonchev–Trinajstić information content (AvgIpc) is 2.25. The Labute approximate surface area is 85.6 Å². The van der Waals surface area contributed by atoms with Crippen LogP contribution in [0.15, 0.2) is 52.3 Å². The topological polar surface area (TPSA) is 91.7 Å². The molecule has 0 amide bonds. The van der Waals surface area contributed by atoms with Crippen LogP contribution < -0.4 is 16.9 Å². The molecule has 0 fully saturated rings. The lowest BCUT2D eigenvalue weighted by molar-refractivity contribution is 1.24. The Bertz CT molecular complexity index is 499. The van der Waals surface area contributed by atoms with E-state index in [0.717, 1.165) is 0 Å². The predicted molar refractivity (Wildman–Crippen MR) is 58.5 cm³/mol. The van der Waals surface area contributed by atoms with E-state index >= 15 is 0 Å². The molecule has 5 nitrogen and oxygen atoms in total. The number of hydrogen-bond acceptors (Lipinski definition) is 3. The number of pyridine rings is 2. The van der Waals surface area contributed by atoms with E-state index in [0.29, 0.717) is 0 Å². The van der Waals surface area contributed by atoms with Gasteiger partial charge in [-0.15, -0.1) is 0 Å². The number of hydrogen-bond donors (Lipinski definition) is 3. The quantitative estimate of drug-likeness (QED) is 0.578. The van der Waals surface area contributed by atoms with E-state index in [2.05, 4.69) is 9.97 Å². The van der Waals surface area contributed by atoms with Crippen molar-refractivity contribution < 1.29 is 0 Å². The van der Waals surface area contributed by atoms with E-state index < -0.39 is 0 Å². The fourth-order valence-electron chi connectivity index (χ4n) is 0.811. The normalized spacial score (nSPS) is 8.80. The zero-order chi connectivity index (χ0) is 11.1. The first-order valence-electron chi connectivity index (χ1n) is 4.27. The zero-order valence-corrected chi connectivity index (χ0v) is 7.94.